The number of benzene rings is 2. The molecule has 0 spiro atoms. The fourth-order valence-electron chi connectivity index (χ4n) is 3.31. The number of nitrogens with zero attached hydrogens (tertiary/aromatic N) is 1. The molecule has 10 heteroatoms. The van der Waals surface area contributed by atoms with Gasteiger partial charge in [-0.15, -0.1) is 0 Å². The Morgan fingerprint density at radius 3 is 2.39 bits per heavy atom. The lowest BCUT2D eigenvalue weighted by molar-refractivity contribution is -0.122. The van der Waals surface area contributed by atoms with E-state index < -0.39 is 22.0 Å². The number of fused-ring (bicyclic) bond motifs is 1. The summed E-state index contributed by atoms with van der Waals surface area (Å²) in [6, 6.07) is 9.08. The van der Waals surface area contributed by atoms with E-state index in [9.17, 15) is 13.2 Å². The fraction of sp³-hybridized carbons (Fsp3) is 0.381. The van der Waals surface area contributed by atoms with Crippen molar-refractivity contribution in [1.29, 1.82) is 0 Å². The van der Waals surface area contributed by atoms with E-state index in [1.165, 1.54) is 14.0 Å². The van der Waals surface area contributed by atoms with Crippen LogP contribution in [0, 0.1) is 0 Å². The van der Waals surface area contributed by atoms with Crippen molar-refractivity contribution in [3.05, 3.63) is 42.0 Å². The molecule has 0 bridgehead atoms. The standard InChI is InChI=1S/C21H26N2O7S/c1-14(21(24)22-13-15-5-7-17(27-2)19(11-15)28-3)23(31(4,25)26)16-6-8-18-20(12-16)30-10-9-29-18/h5-8,11-12,14H,9-10,13H2,1-4H3,(H,22,24)/t14-/m0/s1. The molecule has 0 unspecified atom stereocenters. The Hall–Kier alpha value is -3.14. The van der Waals surface area contributed by atoms with E-state index in [2.05, 4.69) is 5.32 Å². The molecule has 168 valence electrons. The summed E-state index contributed by atoms with van der Waals surface area (Å²) in [7, 11) is -0.684. The second-order valence-electron chi connectivity index (χ2n) is 6.97. The number of amides is 1. The Bertz CT molecular complexity index is 1060. The summed E-state index contributed by atoms with van der Waals surface area (Å²) < 4.78 is 47.6. The van der Waals surface area contributed by atoms with E-state index in [-0.39, 0.29) is 6.54 Å². The van der Waals surface area contributed by atoms with E-state index in [4.69, 9.17) is 18.9 Å². The summed E-state index contributed by atoms with van der Waals surface area (Å²) in [5, 5.41) is 2.77. The van der Waals surface area contributed by atoms with Crippen LogP contribution in [0.5, 0.6) is 23.0 Å². The predicted octanol–water partition coefficient (Wildman–Crippen LogP) is 1.95. The number of carbonyl (C=O) groups excluding carboxylic acids is 1. The third-order valence-electron chi connectivity index (χ3n) is 4.78. The summed E-state index contributed by atoms with van der Waals surface area (Å²) >= 11 is 0. The van der Waals surface area contributed by atoms with Crippen LogP contribution in [-0.4, -0.2) is 54.1 Å². The van der Waals surface area contributed by atoms with Crippen molar-refractivity contribution >= 4 is 21.6 Å². The molecule has 1 aliphatic heterocycles. The number of carbonyl (C=O) groups is 1. The van der Waals surface area contributed by atoms with Crippen LogP contribution >= 0.6 is 0 Å². The smallest absolute Gasteiger partial charge is 0.243 e. The highest BCUT2D eigenvalue weighted by Gasteiger charge is 2.30. The molecule has 1 amide bonds. The van der Waals surface area contributed by atoms with Gasteiger partial charge in [0, 0.05) is 12.6 Å². The molecule has 9 nitrogen and oxygen atoms in total. The number of hydrogen-bond acceptors (Lipinski definition) is 7. The van der Waals surface area contributed by atoms with Crippen molar-refractivity contribution in [2.75, 3.05) is 38.0 Å². The topological polar surface area (TPSA) is 103 Å². The molecule has 0 saturated heterocycles. The molecule has 31 heavy (non-hydrogen) atoms. The molecular formula is C21H26N2O7S. The molecule has 1 atom stereocenters. The van der Waals surface area contributed by atoms with Crippen LogP contribution < -0.4 is 28.6 Å². The normalized spacial score (nSPS) is 13.8. The molecule has 0 saturated carbocycles. The first-order valence-corrected chi connectivity index (χ1v) is 11.5. The molecule has 3 rings (SSSR count). The largest absolute Gasteiger partial charge is 0.493 e. The van der Waals surface area contributed by atoms with Crippen LogP contribution in [0.15, 0.2) is 36.4 Å². The molecule has 0 aromatic heterocycles. The lowest BCUT2D eigenvalue weighted by Crippen LogP contribution is -2.47. The Labute approximate surface area is 181 Å². The van der Waals surface area contributed by atoms with Gasteiger partial charge in [-0.3, -0.25) is 9.10 Å². The van der Waals surface area contributed by atoms with E-state index >= 15 is 0 Å². The zero-order valence-corrected chi connectivity index (χ0v) is 18.7. The van der Waals surface area contributed by atoms with Crippen LogP contribution in [-0.2, 0) is 21.4 Å². The zero-order chi connectivity index (χ0) is 22.6. The van der Waals surface area contributed by atoms with Crippen LogP contribution in [0.4, 0.5) is 5.69 Å². The van der Waals surface area contributed by atoms with Gasteiger partial charge in [0.05, 0.1) is 26.2 Å². The SMILES string of the molecule is COc1ccc(CNC(=O)[C@H](C)N(c2ccc3c(c2)OCCO3)S(C)(=O)=O)cc1OC. The quantitative estimate of drug-likeness (QED) is 0.656. The van der Waals surface area contributed by atoms with Crippen LogP contribution in [0.2, 0.25) is 0 Å². The third kappa shape index (κ3) is 5.13. The maximum absolute atomic E-state index is 12.8. The minimum Gasteiger partial charge on any atom is -0.493 e. The number of nitrogens with one attached hydrogen (secondary N) is 1. The molecule has 2 aromatic carbocycles. The van der Waals surface area contributed by atoms with Gasteiger partial charge in [-0.2, -0.15) is 0 Å². The molecule has 0 radical (unpaired) electrons. The van der Waals surface area contributed by atoms with Gasteiger partial charge in [0.2, 0.25) is 15.9 Å². The minimum atomic E-state index is -3.75. The van der Waals surface area contributed by atoms with E-state index in [0.29, 0.717) is 41.9 Å². The first-order chi connectivity index (χ1) is 14.7. The second-order valence-corrected chi connectivity index (χ2v) is 8.83. The fourth-order valence-corrected chi connectivity index (χ4v) is 4.47. The zero-order valence-electron chi connectivity index (χ0n) is 17.9. The maximum Gasteiger partial charge on any atom is 0.243 e. The highest BCUT2D eigenvalue weighted by molar-refractivity contribution is 7.92. The van der Waals surface area contributed by atoms with Crippen molar-refractivity contribution in [3.63, 3.8) is 0 Å². The highest BCUT2D eigenvalue weighted by Crippen LogP contribution is 2.35. The highest BCUT2D eigenvalue weighted by atomic mass is 32.2. The summed E-state index contributed by atoms with van der Waals surface area (Å²) in [5.41, 5.74) is 1.10. The van der Waals surface area contributed by atoms with Gasteiger partial charge in [0.25, 0.3) is 0 Å². The molecule has 1 N–H and O–H groups in total. The molecule has 0 aliphatic carbocycles. The summed E-state index contributed by atoms with van der Waals surface area (Å²) in [4.78, 5) is 12.8. The summed E-state index contributed by atoms with van der Waals surface area (Å²) in [6.45, 7) is 2.53. The van der Waals surface area contributed by atoms with Gasteiger partial charge in [-0.25, -0.2) is 8.42 Å². The van der Waals surface area contributed by atoms with Crippen LogP contribution in [0.25, 0.3) is 0 Å². The molecule has 1 aliphatic rings. The minimum absolute atomic E-state index is 0.197. The molecular weight excluding hydrogens is 424 g/mol. The summed E-state index contributed by atoms with van der Waals surface area (Å²) in [6.07, 6.45) is 1.06. The summed E-state index contributed by atoms with van der Waals surface area (Å²) in [5.74, 6) is 1.64. The first-order valence-electron chi connectivity index (χ1n) is 9.62. The van der Waals surface area contributed by atoms with E-state index in [0.717, 1.165) is 16.1 Å². The predicted molar refractivity (Wildman–Crippen MR) is 116 cm³/mol. The number of methoxy groups -OCH3 is 2. The monoisotopic (exact) mass is 450 g/mol. The number of hydrogen-bond donors (Lipinski definition) is 1. The van der Waals surface area contributed by atoms with Crippen LogP contribution in [0.1, 0.15) is 12.5 Å². The second kappa shape index (κ2) is 9.34. The van der Waals surface area contributed by atoms with Crippen molar-refractivity contribution in [2.45, 2.75) is 19.5 Å². The number of sulfonamides is 1. The van der Waals surface area contributed by atoms with Crippen molar-refractivity contribution in [1.82, 2.24) is 5.32 Å². The van der Waals surface area contributed by atoms with Gasteiger partial charge >= 0.3 is 0 Å². The average molecular weight is 451 g/mol. The van der Waals surface area contributed by atoms with Crippen molar-refractivity contribution in [2.24, 2.45) is 0 Å². The maximum atomic E-state index is 12.8. The Balaban J connectivity index is 1.78. The molecule has 1 heterocycles. The molecule has 0 fully saturated rings. The Morgan fingerprint density at radius 1 is 1.06 bits per heavy atom. The molecule has 2 aromatic rings. The van der Waals surface area contributed by atoms with Gasteiger partial charge in [-0.1, -0.05) is 6.07 Å². The van der Waals surface area contributed by atoms with Gasteiger partial charge in [0.15, 0.2) is 23.0 Å². The number of ether oxygens (including phenoxy) is 4. The average Bonchev–Trinajstić information content (AvgIpc) is 2.76. The lowest BCUT2D eigenvalue weighted by atomic mass is 10.2. The van der Waals surface area contributed by atoms with Gasteiger partial charge in [0.1, 0.15) is 19.3 Å². The van der Waals surface area contributed by atoms with E-state index in [1.807, 2.05) is 0 Å². The Kier molecular flexibility index (Phi) is 6.79. The number of anilines is 1. The number of rotatable bonds is 8. The van der Waals surface area contributed by atoms with Gasteiger partial charge in [-0.05, 0) is 36.8 Å². The van der Waals surface area contributed by atoms with E-state index in [1.54, 1.807) is 43.5 Å². The van der Waals surface area contributed by atoms with Crippen molar-refractivity contribution < 1.29 is 32.2 Å². The van der Waals surface area contributed by atoms with Gasteiger partial charge < -0.3 is 24.3 Å². The first kappa shape index (κ1) is 22.5. The third-order valence-corrected chi connectivity index (χ3v) is 6.03. The van der Waals surface area contributed by atoms with Crippen LogP contribution in [0.3, 0.4) is 0 Å². The van der Waals surface area contributed by atoms with Crippen molar-refractivity contribution in [3.8, 4) is 23.0 Å². The Morgan fingerprint density at radius 2 is 1.74 bits per heavy atom. The lowest BCUT2D eigenvalue weighted by Gasteiger charge is -2.29.